The fourth-order valence-corrected chi connectivity index (χ4v) is 3.11. The summed E-state index contributed by atoms with van der Waals surface area (Å²) in [7, 11) is 0. The summed E-state index contributed by atoms with van der Waals surface area (Å²) in [5, 5.41) is 4.41. The van der Waals surface area contributed by atoms with E-state index in [-0.39, 0.29) is 35.2 Å². The van der Waals surface area contributed by atoms with Crippen LogP contribution in [0, 0.1) is 0 Å². The highest BCUT2D eigenvalue weighted by Gasteiger charge is 2.29. The van der Waals surface area contributed by atoms with E-state index in [0.717, 1.165) is 17.8 Å². The zero-order valence-corrected chi connectivity index (χ0v) is 13.9. The molecule has 0 bridgehead atoms. The lowest BCUT2D eigenvalue weighted by atomic mass is 10.1. The van der Waals surface area contributed by atoms with Gasteiger partial charge in [0.05, 0.1) is 18.8 Å². The molecule has 1 amide bonds. The SMILES string of the molecule is CCOC(=O)c1csc(NC(=O)[C@H]2CCCO2)c1C(=O)OCC. The van der Waals surface area contributed by atoms with Crippen LogP contribution in [-0.2, 0) is 19.0 Å². The van der Waals surface area contributed by atoms with Crippen LogP contribution in [0.1, 0.15) is 47.4 Å². The maximum Gasteiger partial charge on any atom is 0.342 e. The minimum Gasteiger partial charge on any atom is -0.462 e. The number of thiophene rings is 1. The van der Waals surface area contributed by atoms with E-state index >= 15 is 0 Å². The van der Waals surface area contributed by atoms with Crippen LogP contribution in [0.15, 0.2) is 5.38 Å². The van der Waals surface area contributed by atoms with Gasteiger partial charge in [-0.2, -0.15) is 0 Å². The van der Waals surface area contributed by atoms with Crippen molar-refractivity contribution < 1.29 is 28.6 Å². The van der Waals surface area contributed by atoms with Gasteiger partial charge in [-0.05, 0) is 26.7 Å². The second-order valence-electron chi connectivity index (χ2n) is 4.79. The quantitative estimate of drug-likeness (QED) is 0.798. The van der Waals surface area contributed by atoms with Crippen molar-refractivity contribution in [2.45, 2.75) is 32.8 Å². The zero-order valence-electron chi connectivity index (χ0n) is 13.0. The van der Waals surface area contributed by atoms with Crippen molar-refractivity contribution in [2.75, 3.05) is 25.1 Å². The van der Waals surface area contributed by atoms with Crippen molar-refractivity contribution in [3.8, 4) is 0 Å². The second kappa shape index (κ2) is 8.07. The first-order valence-electron chi connectivity index (χ1n) is 7.46. The largest absolute Gasteiger partial charge is 0.462 e. The molecule has 1 aromatic rings. The number of hydrogen-bond donors (Lipinski definition) is 1. The Morgan fingerprint density at radius 3 is 2.57 bits per heavy atom. The average Bonchev–Trinajstić information content (AvgIpc) is 3.17. The topological polar surface area (TPSA) is 90.9 Å². The first kappa shape index (κ1) is 17.4. The number of carbonyl (C=O) groups is 3. The fraction of sp³-hybridized carbons (Fsp3) is 0.533. The highest BCUT2D eigenvalue weighted by atomic mass is 32.1. The lowest BCUT2D eigenvalue weighted by Gasteiger charge is -2.11. The molecule has 8 heteroatoms. The Morgan fingerprint density at radius 1 is 1.26 bits per heavy atom. The number of hydrogen-bond acceptors (Lipinski definition) is 7. The van der Waals surface area contributed by atoms with Gasteiger partial charge in [-0.15, -0.1) is 11.3 Å². The van der Waals surface area contributed by atoms with Gasteiger partial charge in [0.1, 0.15) is 16.7 Å². The third kappa shape index (κ3) is 4.08. The summed E-state index contributed by atoms with van der Waals surface area (Å²) >= 11 is 1.08. The first-order chi connectivity index (χ1) is 11.1. The minimum atomic E-state index is -0.667. The average molecular weight is 341 g/mol. The smallest absolute Gasteiger partial charge is 0.342 e. The summed E-state index contributed by atoms with van der Waals surface area (Å²) in [6.45, 7) is 4.24. The van der Waals surface area contributed by atoms with E-state index in [1.54, 1.807) is 13.8 Å². The molecule has 1 atom stereocenters. The molecule has 1 aliphatic heterocycles. The summed E-state index contributed by atoms with van der Waals surface area (Å²) in [5.41, 5.74) is 0.125. The maximum absolute atomic E-state index is 12.2. The van der Waals surface area contributed by atoms with Crippen LogP contribution < -0.4 is 5.32 Å². The van der Waals surface area contributed by atoms with E-state index in [9.17, 15) is 14.4 Å². The summed E-state index contributed by atoms with van der Waals surface area (Å²) in [4.78, 5) is 36.3. The highest BCUT2D eigenvalue weighted by Crippen LogP contribution is 2.30. The molecule has 0 radical (unpaired) electrons. The molecule has 1 aliphatic rings. The van der Waals surface area contributed by atoms with Crippen LogP contribution in [0.3, 0.4) is 0 Å². The Morgan fingerprint density at radius 2 is 1.96 bits per heavy atom. The predicted molar refractivity (Wildman–Crippen MR) is 83.8 cm³/mol. The first-order valence-corrected chi connectivity index (χ1v) is 8.34. The van der Waals surface area contributed by atoms with Gasteiger partial charge >= 0.3 is 11.9 Å². The van der Waals surface area contributed by atoms with E-state index in [1.807, 2.05) is 0 Å². The third-order valence-electron chi connectivity index (χ3n) is 3.22. The van der Waals surface area contributed by atoms with Crippen molar-refractivity contribution in [1.82, 2.24) is 0 Å². The molecule has 1 saturated heterocycles. The van der Waals surface area contributed by atoms with Gasteiger partial charge in [0, 0.05) is 12.0 Å². The summed E-state index contributed by atoms with van der Waals surface area (Å²) in [6, 6.07) is 0. The Kier molecular flexibility index (Phi) is 6.12. The molecule has 1 N–H and O–H groups in total. The van der Waals surface area contributed by atoms with E-state index in [4.69, 9.17) is 14.2 Å². The number of anilines is 1. The molecule has 0 spiro atoms. The van der Waals surface area contributed by atoms with E-state index in [1.165, 1.54) is 5.38 Å². The van der Waals surface area contributed by atoms with Crippen molar-refractivity contribution >= 4 is 34.2 Å². The Balaban J connectivity index is 2.25. The molecule has 0 saturated carbocycles. The van der Waals surface area contributed by atoms with Gasteiger partial charge < -0.3 is 19.5 Å². The molecule has 1 fully saturated rings. The van der Waals surface area contributed by atoms with Crippen molar-refractivity contribution in [3.05, 3.63) is 16.5 Å². The second-order valence-corrected chi connectivity index (χ2v) is 5.67. The fourth-order valence-electron chi connectivity index (χ4n) is 2.19. The summed E-state index contributed by atoms with van der Waals surface area (Å²) in [6.07, 6.45) is 0.927. The van der Waals surface area contributed by atoms with Crippen LogP contribution in [0.2, 0.25) is 0 Å². The monoisotopic (exact) mass is 341 g/mol. The van der Waals surface area contributed by atoms with Crippen molar-refractivity contribution in [3.63, 3.8) is 0 Å². The normalized spacial score (nSPS) is 16.9. The molecule has 126 valence electrons. The molecular weight excluding hydrogens is 322 g/mol. The van der Waals surface area contributed by atoms with Crippen LogP contribution in [-0.4, -0.2) is 43.8 Å². The van der Waals surface area contributed by atoms with Gasteiger partial charge in [-0.25, -0.2) is 9.59 Å². The van der Waals surface area contributed by atoms with Crippen molar-refractivity contribution in [1.29, 1.82) is 0 Å². The maximum atomic E-state index is 12.2. The minimum absolute atomic E-state index is 0.0293. The third-order valence-corrected chi connectivity index (χ3v) is 4.12. The number of carbonyl (C=O) groups excluding carboxylic acids is 3. The van der Waals surface area contributed by atoms with Crippen LogP contribution in [0.5, 0.6) is 0 Å². The Hall–Kier alpha value is -1.93. The van der Waals surface area contributed by atoms with Gasteiger partial charge in [0.15, 0.2) is 0 Å². The lowest BCUT2D eigenvalue weighted by molar-refractivity contribution is -0.124. The van der Waals surface area contributed by atoms with Gasteiger partial charge in [0.25, 0.3) is 5.91 Å². The van der Waals surface area contributed by atoms with Gasteiger partial charge in [-0.1, -0.05) is 0 Å². The Labute approximate surface area is 137 Å². The molecule has 23 heavy (non-hydrogen) atoms. The van der Waals surface area contributed by atoms with Crippen molar-refractivity contribution in [2.24, 2.45) is 0 Å². The summed E-state index contributed by atoms with van der Waals surface area (Å²) < 4.78 is 15.2. The molecule has 2 heterocycles. The zero-order chi connectivity index (χ0) is 16.8. The van der Waals surface area contributed by atoms with Crippen LogP contribution in [0.4, 0.5) is 5.00 Å². The molecule has 2 rings (SSSR count). The molecule has 0 unspecified atom stereocenters. The summed E-state index contributed by atoms with van der Waals surface area (Å²) in [5.74, 6) is -1.62. The standard InChI is InChI=1S/C15H19NO6S/c1-3-20-14(18)9-8-23-13(11(9)15(19)21-4-2)16-12(17)10-6-5-7-22-10/h8,10H,3-7H2,1-2H3,(H,16,17)/t10-/m1/s1. The highest BCUT2D eigenvalue weighted by molar-refractivity contribution is 7.15. The lowest BCUT2D eigenvalue weighted by Crippen LogP contribution is -2.27. The number of amides is 1. The number of esters is 2. The molecule has 1 aromatic heterocycles. The van der Waals surface area contributed by atoms with E-state index in [2.05, 4.69) is 5.32 Å². The van der Waals surface area contributed by atoms with Crippen LogP contribution >= 0.6 is 11.3 Å². The van der Waals surface area contributed by atoms with Gasteiger partial charge in [-0.3, -0.25) is 4.79 Å². The predicted octanol–water partition coefficient (Wildman–Crippen LogP) is 2.22. The number of nitrogens with one attached hydrogen (secondary N) is 1. The molecule has 0 aromatic carbocycles. The Bertz CT molecular complexity index is 591. The number of ether oxygens (including phenoxy) is 3. The molecule has 0 aliphatic carbocycles. The van der Waals surface area contributed by atoms with E-state index < -0.39 is 18.0 Å². The number of rotatable bonds is 6. The molecule has 7 nitrogen and oxygen atoms in total. The van der Waals surface area contributed by atoms with Gasteiger partial charge in [0.2, 0.25) is 0 Å². The molecular formula is C15H19NO6S. The van der Waals surface area contributed by atoms with Crippen LogP contribution in [0.25, 0.3) is 0 Å². The van der Waals surface area contributed by atoms with E-state index in [0.29, 0.717) is 13.0 Å².